The number of unbranched alkanes of at least 4 members (excludes halogenated alkanes) is 4. The zero-order valence-electron chi connectivity index (χ0n) is 13.3. The Labute approximate surface area is 128 Å². The molecule has 0 amide bonds. The fourth-order valence-electron chi connectivity index (χ4n) is 2.76. The first-order valence-corrected chi connectivity index (χ1v) is 8.19. The Hall–Kier alpha value is -1.77. The summed E-state index contributed by atoms with van der Waals surface area (Å²) in [6.07, 6.45) is 8.43. The van der Waals surface area contributed by atoms with Crippen LogP contribution in [0.25, 0.3) is 5.69 Å². The molecule has 0 aliphatic heterocycles. The van der Waals surface area contributed by atoms with Crippen molar-refractivity contribution in [2.24, 2.45) is 0 Å². The maximum Gasteiger partial charge on any atom is 0.130 e. The quantitative estimate of drug-likeness (QED) is 0.724. The fourth-order valence-corrected chi connectivity index (χ4v) is 2.76. The topological polar surface area (TPSA) is 43.8 Å². The van der Waals surface area contributed by atoms with E-state index in [1.54, 1.807) is 0 Å². The van der Waals surface area contributed by atoms with E-state index in [0.717, 1.165) is 24.3 Å². The summed E-state index contributed by atoms with van der Waals surface area (Å²) >= 11 is 0. The van der Waals surface area contributed by atoms with Crippen molar-refractivity contribution in [3.8, 4) is 5.69 Å². The van der Waals surface area contributed by atoms with E-state index in [4.69, 9.17) is 10.8 Å². The molecule has 1 aromatic heterocycles. The molecule has 1 aromatic carbocycles. The molecule has 0 aliphatic rings. The molecule has 3 nitrogen and oxygen atoms in total. The van der Waals surface area contributed by atoms with E-state index in [9.17, 15) is 0 Å². The molecule has 0 saturated carbocycles. The third-order valence-corrected chi connectivity index (χ3v) is 3.98. The van der Waals surface area contributed by atoms with Crippen molar-refractivity contribution in [1.29, 1.82) is 0 Å². The number of para-hydroxylation sites is 1. The van der Waals surface area contributed by atoms with Crippen LogP contribution in [0.15, 0.2) is 30.3 Å². The second kappa shape index (κ2) is 7.87. The number of anilines is 1. The lowest BCUT2D eigenvalue weighted by atomic mass is 10.1. The zero-order chi connectivity index (χ0) is 15.1. The van der Waals surface area contributed by atoms with E-state index in [1.807, 2.05) is 35.0 Å². The molecule has 0 atom stereocenters. The number of nitrogens with two attached hydrogens (primary N) is 1. The van der Waals surface area contributed by atoms with Crippen molar-refractivity contribution in [3.63, 3.8) is 0 Å². The van der Waals surface area contributed by atoms with Crippen LogP contribution in [-0.4, -0.2) is 9.78 Å². The highest BCUT2D eigenvalue weighted by Gasteiger charge is 2.14. The highest BCUT2D eigenvalue weighted by molar-refractivity contribution is 5.50. The van der Waals surface area contributed by atoms with Crippen molar-refractivity contribution in [2.75, 3.05) is 5.73 Å². The van der Waals surface area contributed by atoms with Gasteiger partial charge < -0.3 is 5.73 Å². The van der Waals surface area contributed by atoms with E-state index in [2.05, 4.69) is 13.8 Å². The molecule has 2 N–H and O–H groups in total. The largest absolute Gasteiger partial charge is 0.383 e. The first-order valence-electron chi connectivity index (χ1n) is 8.19. The van der Waals surface area contributed by atoms with Gasteiger partial charge in [-0.1, -0.05) is 57.7 Å². The number of hydrogen-bond donors (Lipinski definition) is 1. The number of nitrogens with zero attached hydrogens (tertiary/aromatic N) is 2. The first kappa shape index (κ1) is 15.6. The summed E-state index contributed by atoms with van der Waals surface area (Å²) in [5.74, 6) is 0.798. The minimum absolute atomic E-state index is 0.798. The molecule has 21 heavy (non-hydrogen) atoms. The summed E-state index contributed by atoms with van der Waals surface area (Å²) in [5.41, 5.74) is 9.74. The molecule has 0 saturated heterocycles. The first-order chi connectivity index (χ1) is 10.3. The fraction of sp³-hybridized carbons (Fsp3) is 0.500. The number of nitrogen functional groups attached to an aromatic ring is 1. The molecule has 0 unspecified atom stereocenters. The summed E-state index contributed by atoms with van der Waals surface area (Å²) in [4.78, 5) is 0. The second-order valence-electron chi connectivity index (χ2n) is 5.58. The van der Waals surface area contributed by atoms with Gasteiger partial charge >= 0.3 is 0 Å². The summed E-state index contributed by atoms with van der Waals surface area (Å²) in [6, 6.07) is 10.2. The third kappa shape index (κ3) is 3.87. The molecular formula is C18H27N3. The van der Waals surface area contributed by atoms with Gasteiger partial charge in [-0.25, -0.2) is 4.68 Å². The van der Waals surface area contributed by atoms with Crippen molar-refractivity contribution >= 4 is 5.82 Å². The SMILES string of the molecule is CCCCCCCc1nn(-c2ccccc2)c(N)c1CC. The molecule has 2 aromatic rings. The van der Waals surface area contributed by atoms with Crippen molar-refractivity contribution in [2.45, 2.75) is 58.8 Å². The molecule has 0 spiro atoms. The van der Waals surface area contributed by atoms with E-state index >= 15 is 0 Å². The summed E-state index contributed by atoms with van der Waals surface area (Å²) in [5, 5.41) is 4.76. The Morgan fingerprint density at radius 2 is 1.71 bits per heavy atom. The van der Waals surface area contributed by atoms with Gasteiger partial charge in [0.2, 0.25) is 0 Å². The average molecular weight is 285 g/mol. The smallest absolute Gasteiger partial charge is 0.130 e. The Morgan fingerprint density at radius 1 is 1.00 bits per heavy atom. The zero-order valence-corrected chi connectivity index (χ0v) is 13.3. The van der Waals surface area contributed by atoms with Crippen LogP contribution < -0.4 is 5.73 Å². The molecule has 3 heteroatoms. The van der Waals surface area contributed by atoms with Crippen molar-refractivity contribution < 1.29 is 0 Å². The highest BCUT2D eigenvalue weighted by Crippen LogP contribution is 2.23. The molecular weight excluding hydrogens is 258 g/mol. The average Bonchev–Trinajstić information content (AvgIpc) is 2.84. The van der Waals surface area contributed by atoms with Gasteiger partial charge in [-0.2, -0.15) is 5.10 Å². The van der Waals surface area contributed by atoms with E-state index in [0.29, 0.717) is 0 Å². The Morgan fingerprint density at radius 3 is 2.38 bits per heavy atom. The predicted molar refractivity (Wildman–Crippen MR) is 89.8 cm³/mol. The Kier molecular flexibility index (Phi) is 5.85. The monoisotopic (exact) mass is 285 g/mol. The van der Waals surface area contributed by atoms with Crippen LogP contribution in [0.4, 0.5) is 5.82 Å². The van der Waals surface area contributed by atoms with E-state index in [1.165, 1.54) is 43.4 Å². The van der Waals surface area contributed by atoms with Crippen LogP contribution in [0, 0.1) is 0 Å². The van der Waals surface area contributed by atoms with Gasteiger partial charge in [-0.3, -0.25) is 0 Å². The van der Waals surface area contributed by atoms with Crippen LogP contribution >= 0.6 is 0 Å². The van der Waals surface area contributed by atoms with Gasteiger partial charge in [-0.15, -0.1) is 0 Å². The molecule has 2 rings (SSSR count). The summed E-state index contributed by atoms with van der Waals surface area (Å²) < 4.78 is 1.89. The van der Waals surface area contributed by atoms with Crippen LogP contribution in [0.2, 0.25) is 0 Å². The predicted octanol–water partition coefficient (Wildman–Crippen LogP) is 4.53. The molecule has 0 fully saturated rings. The summed E-state index contributed by atoms with van der Waals surface area (Å²) in [7, 11) is 0. The second-order valence-corrected chi connectivity index (χ2v) is 5.58. The van der Waals surface area contributed by atoms with Crippen LogP contribution in [0.1, 0.15) is 57.2 Å². The van der Waals surface area contributed by atoms with Crippen LogP contribution in [0.3, 0.4) is 0 Å². The maximum absolute atomic E-state index is 6.30. The minimum atomic E-state index is 0.798. The maximum atomic E-state index is 6.30. The van der Waals surface area contributed by atoms with E-state index in [-0.39, 0.29) is 0 Å². The van der Waals surface area contributed by atoms with Crippen molar-refractivity contribution in [1.82, 2.24) is 9.78 Å². The van der Waals surface area contributed by atoms with Gasteiger partial charge in [0.15, 0.2) is 0 Å². The number of hydrogen-bond acceptors (Lipinski definition) is 2. The summed E-state index contributed by atoms with van der Waals surface area (Å²) in [6.45, 7) is 4.40. The Balaban J connectivity index is 2.11. The molecule has 114 valence electrons. The standard InChI is InChI=1S/C18H27N3/c1-3-5-6-7-11-14-17-16(4-2)18(19)21(20-17)15-12-9-8-10-13-15/h8-10,12-13H,3-7,11,14,19H2,1-2H3. The number of aryl methyl sites for hydroxylation is 1. The van der Waals surface area contributed by atoms with Crippen LogP contribution in [0.5, 0.6) is 0 Å². The minimum Gasteiger partial charge on any atom is -0.383 e. The normalized spacial score (nSPS) is 11.0. The number of rotatable bonds is 8. The lowest BCUT2D eigenvalue weighted by molar-refractivity contribution is 0.624. The molecule has 0 radical (unpaired) electrons. The Bertz CT molecular complexity index is 543. The van der Waals surface area contributed by atoms with E-state index < -0.39 is 0 Å². The van der Waals surface area contributed by atoms with Crippen LogP contribution in [-0.2, 0) is 12.8 Å². The molecule has 0 bridgehead atoms. The van der Waals surface area contributed by atoms with Gasteiger partial charge in [0.25, 0.3) is 0 Å². The molecule has 1 heterocycles. The molecule has 0 aliphatic carbocycles. The number of benzene rings is 1. The van der Waals surface area contributed by atoms with Gasteiger partial charge in [-0.05, 0) is 31.4 Å². The van der Waals surface area contributed by atoms with Gasteiger partial charge in [0.05, 0.1) is 11.4 Å². The van der Waals surface area contributed by atoms with Gasteiger partial charge in [0.1, 0.15) is 5.82 Å². The number of aromatic nitrogens is 2. The van der Waals surface area contributed by atoms with Gasteiger partial charge in [0, 0.05) is 5.56 Å². The third-order valence-electron chi connectivity index (χ3n) is 3.98. The highest BCUT2D eigenvalue weighted by atomic mass is 15.3. The lowest BCUT2D eigenvalue weighted by Crippen LogP contribution is -2.02. The lowest BCUT2D eigenvalue weighted by Gasteiger charge is -2.03. The van der Waals surface area contributed by atoms with Crippen molar-refractivity contribution in [3.05, 3.63) is 41.6 Å².